The summed E-state index contributed by atoms with van der Waals surface area (Å²) < 4.78 is 12.0. The zero-order chi connectivity index (χ0) is 20.4. The van der Waals surface area contributed by atoms with Crippen LogP contribution in [0.25, 0.3) is 0 Å². The van der Waals surface area contributed by atoms with Crippen molar-refractivity contribution in [2.45, 2.75) is 45.6 Å². The number of ether oxygens (including phenoxy) is 2. The Morgan fingerprint density at radius 3 is 2.57 bits per heavy atom. The molecular weight excluding hydrogens is 360 g/mol. The molecular formula is C21H24N2O5. The number of H-pyrrole nitrogens is 1. The minimum atomic E-state index is -0.753. The Balaban J connectivity index is 1.95. The maximum atomic E-state index is 12.2. The Morgan fingerprint density at radius 2 is 1.86 bits per heavy atom. The van der Waals surface area contributed by atoms with Crippen LogP contribution < -0.4 is 11.2 Å². The number of aryl methyl sites for hydroxylation is 3. The van der Waals surface area contributed by atoms with Crippen LogP contribution in [-0.2, 0) is 9.47 Å². The number of methoxy groups -OCH3 is 1. The topological polar surface area (TPSA) is 93.5 Å². The maximum Gasteiger partial charge on any atom is 0.330 e. The first-order valence-corrected chi connectivity index (χ1v) is 9.08. The molecule has 0 radical (unpaired) electrons. The van der Waals surface area contributed by atoms with E-state index in [9.17, 15) is 14.7 Å². The quantitative estimate of drug-likeness (QED) is 0.775. The first-order chi connectivity index (χ1) is 13.3. The summed E-state index contributed by atoms with van der Waals surface area (Å²) in [6.07, 6.45) is -0.360. The second-order valence-electron chi connectivity index (χ2n) is 7.10. The normalized spacial score (nSPS) is 21.4. The van der Waals surface area contributed by atoms with E-state index in [1.165, 1.54) is 23.4 Å². The number of benzene rings is 1. The Hall–Kier alpha value is -2.66. The molecule has 1 aliphatic rings. The number of nitrogens with one attached hydrogen (secondary N) is 1. The van der Waals surface area contributed by atoms with Gasteiger partial charge in [0.15, 0.2) is 0 Å². The minimum Gasteiger partial charge on any atom is -0.390 e. The minimum absolute atomic E-state index is 0.158. The molecule has 2 aromatic rings. The maximum absolute atomic E-state index is 12.2. The zero-order valence-electron chi connectivity index (χ0n) is 16.4. The van der Waals surface area contributed by atoms with E-state index in [-0.39, 0.29) is 18.6 Å². The van der Waals surface area contributed by atoms with Crippen molar-refractivity contribution in [2.75, 3.05) is 13.7 Å². The molecule has 1 aromatic heterocycles. The van der Waals surface area contributed by atoms with E-state index in [2.05, 4.69) is 16.8 Å². The molecule has 0 saturated carbocycles. The largest absolute Gasteiger partial charge is 0.390 e. The van der Waals surface area contributed by atoms with Crippen molar-refractivity contribution in [2.24, 2.45) is 0 Å². The number of aromatic nitrogens is 2. The van der Waals surface area contributed by atoms with Crippen LogP contribution in [0.4, 0.5) is 0 Å². The lowest BCUT2D eigenvalue weighted by atomic mass is 10.0. The standard InChI is InChI=1S/C21H24N2O5/c1-12-7-14(3)15(8-13(12)2)5-6-16-10-23(21(26)22-20(16)25)19-9-17(24)18(28-19)11-27-4/h7-8,10,17-19,24H,9,11H2,1-4H3,(H,22,25,26). The molecule has 7 nitrogen and oxygen atoms in total. The molecule has 7 heteroatoms. The molecule has 0 bridgehead atoms. The highest BCUT2D eigenvalue weighted by Crippen LogP contribution is 2.27. The second kappa shape index (κ2) is 8.15. The van der Waals surface area contributed by atoms with Gasteiger partial charge in [-0.3, -0.25) is 14.3 Å². The Labute approximate surface area is 162 Å². The Kier molecular flexibility index (Phi) is 5.84. The van der Waals surface area contributed by atoms with Gasteiger partial charge in [0.25, 0.3) is 5.56 Å². The van der Waals surface area contributed by atoms with Gasteiger partial charge in [-0.05, 0) is 43.5 Å². The van der Waals surface area contributed by atoms with Crippen LogP contribution in [0, 0.1) is 32.6 Å². The molecule has 1 fully saturated rings. The fourth-order valence-electron chi connectivity index (χ4n) is 3.22. The van der Waals surface area contributed by atoms with Gasteiger partial charge in [-0.25, -0.2) is 4.79 Å². The summed E-state index contributed by atoms with van der Waals surface area (Å²) in [4.78, 5) is 26.7. The van der Waals surface area contributed by atoms with Crippen molar-refractivity contribution in [3.05, 3.63) is 67.0 Å². The molecule has 0 aliphatic carbocycles. The highest BCUT2D eigenvalue weighted by Gasteiger charge is 2.35. The molecule has 1 aliphatic heterocycles. The molecule has 3 rings (SSSR count). The highest BCUT2D eigenvalue weighted by molar-refractivity contribution is 5.48. The number of aromatic amines is 1. The summed E-state index contributed by atoms with van der Waals surface area (Å²) in [5.41, 5.74) is 3.14. The van der Waals surface area contributed by atoms with Gasteiger partial charge in [0.05, 0.1) is 12.7 Å². The van der Waals surface area contributed by atoms with Gasteiger partial charge in [-0.2, -0.15) is 0 Å². The first kappa shape index (κ1) is 20.1. The van der Waals surface area contributed by atoms with Gasteiger partial charge < -0.3 is 14.6 Å². The predicted octanol–water partition coefficient (Wildman–Crippen LogP) is 1.16. The fraction of sp³-hybridized carbons (Fsp3) is 0.429. The molecule has 0 spiro atoms. The average Bonchev–Trinajstić information content (AvgIpc) is 2.99. The van der Waals surface area contributed by atoms with Gasteiger partial charge in [-0.15, -0.1) is 0 Å². The summed E-state index contributed by atoms with van der Waals surface area (Å²) >= 11 is 0. The van der Waals surface area contributed by atoms with E-state index in [0.717, 1.165) is 16.7 Å². The van der Waals surface area contributed by atoms with Crippen molar-refractivity contribution in [1.82, 2.24) is 9.55 Å². The molecule has 0 amide bonds. The number of aliphatic hydroxyl groups excluding tert-OH is 1. The first-order valence-electron chi connectivity index (χ1n) is 9.08. The Bertz CT molecular complexity index is 1060. The third-order valence-electron chi connectivity index (χ3n) is 4.99. The second-order valence-corrected chi connectivity index (χ2v) is 7.10. The Morgan fingerprint density at radius 1 is 1.18 bits per heavy atom. The van der Waals surface area contributed by atoms with E-state index in [4.69, 9.17) is 9.47 Å². The summed E-state index contributed by atoms with van der Waals surface area (Å²) in [6.45, 7) is 6.22. The molecule has 2 heterocycles. The van der Waals surface area contributed by atoms with Crippen molar-refractivity contribution in [3.63, 3.8) is 0 Å². The van der Waals surface area contributed by atoms with Crippen molar-refractivity contribution in [3.8, 4) is 11.8 Å². The van der Waals surface area contributed by atoms with Crippen LogP contribution >= 0.6 is 0 Å². The third-order valence-corrected chi connectivity index (χ3v) is 4.99. The monoisotopic (exact) mass is 384 g/mol. The molecule has 3 unspecified atom stereocenters. The number of hydrogen-bond donors (Lipinski definition) is 2. The summed E-state index contributed by atoms with van der Waals surface area (Å²) in [5, 5.41) is 10.1. The number of aliphatic hydroxyl groups is 1. The van der Waals surface area contributed by atoms with Crippen LogP contribution in [0.5, 0.6) is 0 Å². The van der Waals surface area contributed by atoms with E-state index in [0.29, 0.717) is 0 Å². The van der Waals surface area contributed by atoms with E-state index < -0.39 is 29.7 Å². The lowest BCUT2D eigenvalue weighted by Gasteiger charge is -2.15. The molecule has 28 heavy (non-hydrogen) atoms. The van der Waals surface area contributed by atoms with Crippen LogP contribution in [0.15, 0.2) is 27.9 Å². The number of rotatable bonds is 3. The van der Waals surface area contributed by atoms with Crippen molar-refractivity contribution in [1.29, 1.82) is 0 Å². The fourth-order valence-corrected chi connectivity index (χ4v) is 3.22. The highest BCUT2D eigenvalue weighted by atomic mass is 16.6. The SMILES string of the molecule is COCC1OC(n2cc(C#Cc3cc(C)c(C)cc3C)c(=O)[nH]c2=O)CC1O. The summed E-state index contributed by atoms with van der Waals surface area (Å²) in [7, 11) is 1.51. The van der Waals surface area contributed by atoms with Crippen LogP contribution in [0.1, 0.15) is 40.5 Å². The third kappa shape index (κ3) is 4.09. The van der Waals surface area contributed by atoms with Gasteiger partial charge in [-0.1, -0.05) is 17.9 Å². The zero-order valence-corrected chi connectivity index (χ0v) is 16.4. The van der Waals surface area contributed by atoms with Gasteiger partial charge in [0.1, 0.15) is 17.9 Å². The van der Waals surface area contributed by atoms with Crippen molar-refractivity contribution >= 4 is 0 Å². The number of hydrogen-bond acceptors (Lipinski definition) is 5. The van der Waals surface area contributed by atoms with E-state index in [1.807, 2.05) is 32.9 Å². The van der Waals surface area contributed by atoms with Crippen LogP contribution in [-0.4, -0.2) is 40.6 Å². The van der Waals surface area contributed by atoms with Gasteiger partial charge in [0, 0.05) is 25.3 Å². The van der Waals surface area contributed by atoms with E-state index in [1.54, 1.807) is 0 Å². The van der Waals surface area contributed by atoms with Crippen LogP contribution in [0.3, 0.4) is 0 Å². The predicted molar refractivity (Wildman–Crippen MR) is 104 cm³/mol. The van der Waals surface area contributed by atoms with Crippen molar-refractivity contribution < 1.29 is 14.6 Å². The van der Waals surface area contributed by atoms with Crippen LogP contribution in [0.2, 0.25) is 0 Å². The average molecular weight is 384 g/mol. The summed E-state index contributed by atoms with van der Waals surface area (Å²) in [5.74, 6) is 5.88. The molecule has 1 saturated heterocycles. The molecule has 1 aromatic carbocycles. The van der Waals surface area contributed by atoms with E-state index >= 15 is 0 Å². The molecule has 3 atom stereocenters. The van der Waals surface area contributed by atoms with Gasteiger partial charge in [0.2, 0.25) is 0 Å². The summed E-state index contributed by atoms with van der Waals surface area (Å²) in [6, 6.07) is 4.03. The lowest BCUT2D eigenvalue weighted by molar-refractivity contribution is -0.0547. The van der Waals surface area contributed by atoms with Gasteiger partial charge >= 0.3 is 5.69 Å². The smallest absolute Gasteiger partial charge is 0.330 e. The molecule has 148 valence electrons. The number of nitrogens with zero attached hydrogens (tertiary/aromatic N) is 1. The lowest BCUT2D eigenvalue weighted by Crippen LogP contribution is -2.33. The molecule has 2 N–H and O–H groups in total.